The van der Waals surface area contributed by atoms with Crippen molar-refractivity contribution in [2.75, 3.05) is 31.5 Å². The summed E-state index contributed by atoms with van der Waals surface area (Å²) in [6.45, 7) is 1.26. The Morgan fingerprint density at radius 2 is 1.52 bits per heavy atom. The molecule has 2 aromatic rings. The van der Waals surface area contributed by atoms with Crippen molar-refractivity contribution in [2.45, 2.75) is 0 Å². The molecule has 3 amide bonds. The molecule has 1 aliphatic heterocycles. The van der Waals surface area contributed by atoms with Crippen LogP contribution in [0.25, 0.3) is 0 Å². The van der Waals surface area contributed by atoms with Crippen LogP contribution >= 0.6 is 0 Å². The molecule has 0 atom stereocenters. The minimum absolute atomic E-state index is 0.163. The van der Waals surface area contributed by atoms with Crippen LogP contribution in [-0.4, -0.2) is 47.9 Å². The van der Waals surface area contributed by atoms with Gasteiger partial charge in [-0.15, -0.1) is 0 Å². The Morgan fingerprint density at radius 1 is 0.880 bits per heavy atom. The number of anilines is 1. The maximum Gasteiger partial charge on any atom is 0.321 e. The third-order valence-corrected chi connectivity index (χ3v) is 4.04. The van der Waals surface area contributed by atoms with Crippen LogP contribution in [0.3, 0.4) is 0 Å². The summed E-state index contributed by atoms with van der Waals surface area (Å²) in [5.74, 6) is -2.11. The molecule has 0 unspecified atom stereocenters. The molecule has 0 radical (unpaired) electrons. The first-order valence-electron chi connectivity index (χ1n) is 7.90. The topological polar surface area (TPSA) is 52.7 Å². The summed E-state index contributed by atoms with van der Waals surface area (Å²) in [4.78, 5) is 27.6. The van der Waals surface area contributed by atoms with Gasteiger partial charge in [0.1, 0.15) is 11.6 Å². The largest absolute Gasteiger partial charge is 0.335 e. The summed E-state index contributed by atoms with van der Waals surface area (Å²) >= 11 is 0. The molecule has 1 aliphatic rings. The number of piperazine rings is 1. The van der Waals surface area contributed by atoms with E-state index in [0.717, 1.165) is 12.1 Å². The molecular formula is C18H17F2N3O2. The van der Waals surface area contributed by atoms with Crippen LogP contribution in [0, 0.1) is 11.6 Å². The van der Waals surface area contributed by atoms with Crippen LogP contribution < -0.4 is 5.32 Å². The molecule has 1 fully saturated rings. The Morgan fingerprint density at radius 3 is 2.16 bits per heavy atom. The zero-order valence-electron chi connectivity index (χ0n) is 13.4. The second-order valence-electron chi connectivity index (χ2n) is 5.70. The van der Waals surface area contributed by atoms with Gasteiger partial charge in [0.25, 0.3) is 5.91 Å². The second kappa shape index (κ2) is 7.29. The number of carbonyl (C=O) groups is 2. The summed E-state index contributed by atoms with van der Waals surface area (Å²) in [6.07, 6.45) is 0. The molecule has 0 bridgehead atoms. The summed E-state index contributed by atoms with van der Waals surface area (Å²) in [7, 11) is 0. The van der Waals surface area contributed by atoms with Crippen molar-refractivity contribution < 1.29 is 18.4 Å². The van der Waals surface area contributed by atoms with Gasteiger partial charge in [0.05, 0.1) is 5.56 Å². The number of nitrogens with zero attached hydrogens (tertiary/aromatic N) is 2. The number of carbonyl (C=O) groups excluding carboxylic acids is 2. The fourth-order valence-corrected chi connectivity index (χ4v) is 2.67. The number of benzene rings is 2. The van der Waals surface area contributed by atoms with Gasteiger partial charge in [0, 0.05) is 37.9 Å². The van der Waals surface area contributed by atoms with Crippen molar-refractivity contribution in [3.63, 3.8) is 0 Å². The SMILES string of the molecule is O=C(Nc1ccccc1)N1CCN(C(=O)c2ccc(F)cc2F)CC1. The van der Waals surface area contributed by atoms with Crippen LogP contribution in [-0.2, 0) is 0 Å². The molecule has 0 aliphatic carbocycles. The fraction of sp³-hybridized carbons (Fsp3) is 0.222. The highest BCUT2D eigenvalue weighted by molar-refractivity contribution is 5.95. The Balaban J connectivity index is 1.58. The van der Waals surface area contributed by atoms with E-state index >= 15 is 0 Å². The number of rotatable bonds is 2. The Kier molecular flexibility index (Phi) is 4.92. The van der Waals surface area contributed by atoms with E-state index in [-0.39, 0.29) is 24.7 Å². The number of hydrogen-bond acceptors (Lipinski definition) is 2. The van der Waals surface area contributed by atoms with Crippen molar-refractivity contribution >= 4 is 17.6 Å². The van der Waals surface area contributed by atoms with E-state index in [9.17, 15) is 18.4 Å². The zero-order chi connectivity index (χ0) is 17.8. The number of hydrogen-bond donors (Lipinski definition) is 1. The third kappa shape index (κ3) is 3.93. The highest BCUT2D eigenvalue weighted by Gasteiger charge is 2.26. The van der Waals surface area contributed by atoms with Crippen molar-refractivity contribution in [3.8, 4) is 0 Å². The summed E-state index contributed by atoms with van der Waals surface area (Å²) in [6, 6.07) is 11.7. The van der Waals surface area contributed by atoms with Gasteiger partial charge in [-0.05, 0) is 24.3 Å². The number of halogens is 2. The predicted molar refractivity (Wildman–Crippen MR) is 89.3 cm³/mol. The van der Waals surface area contributed by atoms with Crippen molar-refractivity contribution in [3.05, 3.63) is 65.7 Å². The molecule has 1 N–H and O–H groups in total. The van der Waals surface area contributed by atoms with Crippen LogP contribution in [0.5, 0.6) is 0 Å². The lowest BCUT2D eigenvalue weighted by atomic mass is 10.1. The maximum absolute atomic E-state index is 13.7. The molecule has 1 saturated heterocycles. The number of amides is 3. The van der Waals surface area contributed by atoms with Gasteiger partial charge < -0.3 is 15.1 Å². The summed E-state index contributed by atoms with van der Waals surface area (Å²) in [5, 5.41) is 2.78. The minimum Gasteiger partial charge on any atom is -0.335 e. The maximum atomic E-state index is 13.7. The van der Waals surface area contributed by atoms with E-state index in [2.05, 4.69) is 5.32 Å². The van der Waals surface area contributed by atoms with E-state index < -0.39 is 17.5 Å². The average molecular weight is 345 g/mol. The lowest BCUT2D eigenvalue weighted by Crippen LogP contribution is -2.51. The molecule has 2 aromatic carbocycles. The standard InChI is InChI=1S/C18H17F2N3O2/c19-13-6-7-15(16(20)12-13)17(24)22-8-10-23(11-9-22)18(25)21-14-4-2-1-3-5-14/h1-7,12H,8-11H2,(H,21,25). The van der Waals surface area contributed by atoms with Gasteiger partial charge >= 0.3 is 6.03 Å². The molecule has 0 spiro atoms. The highest BCUT2D eigenvalue weighted by atomic mass is 19.1. The lowest BCUT2D eigenvalue weighted by Gasteiger charge is -2.34. The molecule has 130 valence electrons. The second-order valence-corrected chi connectivity index (χ2v) is 5.70. The van der Waals surface area contributed by atoms with Crippen LogP contribution in [0.2, 0.25) is 0 Å². The third-order valence-electron chi connectivity index (χ3n) is 4.04. The molecule has 7 heteroatoms. The zero-order valence-corrected chi connectivity index (χ0v) is 13.4. The van der Waals surface area contributed by atoms with E-state index in [1.807, 2.05) is 18.2 Å². The number of nitrogens with one attached hydrogen (secondary N) is 1. The first-order valence-corrected chi connectivity index (χ1v) is 7.90. The summed E-state index contributed by atoms with van der Waals surface area (Å²) in [5.41, 5.74) is 0.531. The minimum atomic E-state index is -0.880. The van der Waals surface area contributed by atoms with Crippen molar-refractivity contribution in [1.29, 1.82) is 0 Å². The first kappa shape index (κ1) is 16.9. The Labute approximate surface area is 143 Å². The van der Waals surface area contributed by atoms with E-state index in [1.165, 1.54) is 4.90 Å². The van der Waals surface area contributed by atoms with Gasteiger partial charge in [-0.2, -0.15) is 0 Å². The molecular weight excluding hydrogens is 328 g/mol. The fourth-order valence-electron chi connectivity index (χ4n) is 2.67. The lowest BCUT2D eigenvalue weighted by molar-refractivity contribution is 0.0667. The molecule has 1 heterocycles. The van der Waals surface area contributed by atoms with Gasteiger partial charge in [-0.1, -0.05) is 18.2 Å². The monoisotopic (exact) mass is 345 g/mol. The average Bonchev–Trinajstić information content (AvgIpc) is 2.62. The van der Waals surface area contributed by atoms with E-state index in [0.29, 0.717) is 24.8 Å². The summed E-state index contributed by atoms with van der Waals surface area (Å²) < 4.78 is 26.7. The van der Waals surface area contributed by atoms with Crippen LogP contribution in [0.15, 0.2) is 48.5 Å². The Bertz CT molecular complexity index is 775. The highest BCUT2D eigenvalue weighted by Crippen LogP contribution is 2.15. The normalized spacial score (nSPS) is 14.3. The number of urea groups is 1. The first-order chi connectivity index (χ1) is 12.0. The van der Waals surface area contributed by atoms with Crippen LogP contribution in [0.4, 0.5) is 19.3 Å². The van der Waals surface area contributed by atoms with Crippen molar-refractivity contribution in [2.24, 2.45) is 0 Å². The van der Waals surface area contributed by atoms with E-state index in [4.69, 9.17) is 0 Å². The predicted octanol–water partition coefficient (Wildman–Crippen LogP) is 2.95. The quantitative estimate of drug-likeness (QED) is 0.910. The van der Waals surface area contributed by atoms with E-state index in [1.54, 1.807) is 17.0 Å². The molecule has 25 heavy (non-hydrogen) atoms. The number of para-hydroxylation sites is 1. The van der Waals surface area contributed by atoms with Crippen LogP contribution in [0.1, 0.15) is 10.4 Å². The molecule has 3 rings (SSSR count). The molecule has 5 nitrogen and oxygen atoms in total. The molecule has 0 aromatic heterocycles. The van der Waals surface area contributed by atoms with Gasteiger partial charge in [0.2, 0.25) is 0 Å². The molecule has 0 saturated carbocycles. The smallest absolute Gasteiger partial charge is 0.321 e. The van der Waals surface area contributed by atoms with Gasteiger partial charge in [0.15, 0.2) is 0 Å². The van der Waals surface area contributed by atoms with Gasteiger partial charge in [-0.3, -0.25) is 4.79 Å². The Hall–Kier alpha value is -2.96. The van der Waals surface area contributed by atoms with Crippen molar-refractivity contribution in [1.82, 2.24) is 9.80 Å². The van der Waals surface area contributed by atoms with Gasteiger partial charge in [-0.25, -0.2) is 13.6 Å².